The molecule has 0 atom stereocenters. The summed E-state index contributed by atoms with van der Waals surface area (Å²) < 4.78 is 3.79. The van der Waals surface area contributed by atoms with Crippen LogP contribution in [0.5, 0.6) is 0 Å². The van der Waals surface area contributed by atoms with Gasteiger partial charge < -0.3 is 0 Å². The Balaban J connectivity index is 1.38. The maximum absolute atomic E-state index is 12.1. The summed E-state index contributed by atoms with van der Waals surface area (Å²) in [5.74, 6) is -0.0262. The number of hydrogen-bond acceptors (Lipinski definition) is 5. The number of rotatable bonds is 5. The van der Waals surface area contributed by atoms with E-state index in [0.717, 1.165) is 25.3 Å². The van der Waals surface area contributed by atoms with Crippen LogP contribution in [0.3, 0.4) is 0 Å². The van der Waals surface area contributed by atoms with Crippen LogP contribution in [-0.2, 0) is 11.3 Å². The van der Waals surface area contributed by atoms with Gasteiger partial charge in [-0.1, -0.05) is 40.2 Å². The largest absolute Gasteiger partial charge is 0.290 e. The number of thiazole rings is 1. The number of carbonyl (C=O) groups is 1. The predicted molar refractivity (Wildman–Crippen MR) is 111 cm³/mol. The van der Waals surface area contributed by atoms with Gasteiger partial charge in [0.05, 0.1) is 16.8 Å². The van der Waals surface area contributed by atoms with Crippen LogP contribution in [0.15, 0.2) is 65.4 Å². The van der Waals surface area contributed by atoms with Crippen molar-refractivity contribution in [2.75, 3.05) is 5.32 Å². The SMILES string of the molecule is O=C(/C=C/c1nc2ccccc2s1)Nc1ncn(Cc2ccc(Br)cc2)n1. The molecule has 0 radical (unpaired) electrons. The molecule has 0 spiro atoms. The molecule has 4 aromatic rings. The predicted octanol–water partition coefficient (Wildman–Crippen LogP) is 4.35. The van der Waals surface area contributed by atoms with Crippen molar-refractivity contribution in [3.63, 3.8) is 0 Å². The molecular weight excluding hydrogens is 426 g/mol. The summed E-state index contributed by atoms with van der Waals surface area (Å²) in [6.45, 7) is 0.581. The summed E-state index contributed by atoms with van der Waals surface area (Å²) in [4.78, 5) is 20.7. The maximum Gasteiger partial charge on any atom is 0.250 e. The number of carbonyl (C=O) groups excluding carboxylic acids is 1. The molecule has 0 aliphatic carbocycles. The van der Waals surface area contributed by atoms with Gasteiger partial charge in [0.15, 0.2) is 0 Å². The highest BCUT2D eigenvalue weighted by Gasteiger charge is 2.05. The van der Waals surface area contributed by atoms with E-state index in [0.29, 0.717) is 6.54 Å². The molecule has 1 amide bonds. The minimum absolute atomic E-state index is 0.270. The second kappa shape index (κ2) is 7.81. The second-order valence-corrected chi connectivity index (χ2v) is 7.71. The van der Waals surface area contributed by atoms with Crippen molar-refractivity contribution in [2.45, 2.75) is 6.54 Å². The third-order valence-corrected chi connectivity index (χ3v) is 5.25. The number of aromatic nitrogens is 4. The van der Waals surface area contributed by atoms with Crippen LogP contribution in [-0.4, -0.2) is 25.7 Å². The van der Waals surface area contributed by atoms with Gasteiger partial charge >= 0.3 is 0 Å². The molecule has 27 heavy (non-hydrogen) atoms. The average Bonchev–Trinajstić information content (AvgIpc) is 3.28. The van der Waals surface area contributed by atoms with Gasteiger partial charge in [-0.15, -0.1) is 16.4 Å². The van der Waals surface area contributed by atoms with Crippen LogP contribution in [0.25, 0.3) is 16.3 Å². The van der Waals surface area contributed by atoms with Crippen molar-refractivity contribution >= 4 is 55.4 Å². The molecule has 1 N–H and O–H groups in total. The van der Waals surface area contributed by atoms with Crippen molar-refractivity contribution in [3.8, 4) is 0 Å². The van der Waals surface area contributed by atoms with Gasteiger partial charge in [-0.05, 0) is 35.9 Å². The van der Waals surface area contributed by atoms with Gasteiger partial charge in [-0.25, -0.2) is 14.6 Å². The number of halogens is 1. The summed E-state index contributed by atoms with van der Waals surface area (Å²) in [6, 6.07) is 15.8. The fourth-order valence-electron chi connectivity index (χ4n) is 2.47. The minimum Gasteiger partial charge on any atom is -0.290 e. The second-order valence-electron chi connectivity index (χ2n) is 5.73. The molecule has 134 valence electrons. The van der Waals surface area contributed by atoms with Crippen molar-refractivity contribution in [1.82, 2.24) is 19.7 Å². The highest BCUT2D eigenvalue weighted by atomic mass is 79.9. The van der Waals surface area contributed by atoms with E-state index in [4.69, 9.17) is 0 Å². The molecular formula is C19H14BrN5OS. The van der Waals surface area contributed by atoms with E-state index >= 15 is 0 Å². The first-order chi connectivity index (χ1) is 13.2. The van der Waals surface area contributed by atoms with Crippen LogP contribution < -0.4 is 5.32 Å². The molecule has 0 saturated heterocycles. The molecule has 0 unspecified atom stereocenters. The van der Waals surface area contributed by atoms with Crippen LogP contribution in [0.1, 0.15) is 10.6 Å². The Hall–Kier alpha value is -2.84. The monoisotopic (exact) mass is 439 g/mol. The first-order valence-corrected chi connectivity index (χ1v) is 9.75. The zero-order valence-corrected chi connectivity index (χ0v) is 16.4. The quantitative estimate of drug-likeness (QED) is 0.469. The number of amides is 1. The Kier molecular flexibility index (Phi) is 5.08. The molecule has 0 fully saturated rings. The molecule has 0 saturated carbocycles. The zero-order valence-electron chi connectivity index (χ0n) is 14.0. The highest BCUT2D eigenvalue weighted by Crippen LogP contribution is 2.22. The third kappa shape index (κ3) is 4.47. The molecule has 2 aromatic carbocycles. The standard InChI is InChI=1S/C19H14BrN5OS/c20-14-7-5-13(6-8-14)11-25-12-21-19(24-25)23-17(26)9-10-18-22-15-3-1-2-4-16(15)27-18/h1-10,12H,11H2,(H,23,24,26)/b10-9+. The highest BCUT2D eigenvalue weighted by molar-refractivity contribution is 9.10. The molecule has 2 aromatic heterocycles. The topological polar surface area (TPSA) is 72.7 Å². The summed E-state index contributed by atoms with van der Waals surface area (Å²) in [5.41, 5.74) is 2.02. The van der Waals surface area contributed by atoms with Crippen LogP contribution in [0, 0.1) is 0 Å². The lowest BCUT2D eigenvalue weighted by Crippen LogP contribution is -2.10. The van der Waals surface area contributed by atoms with Gasteiger partial charge in [0.25, 0.3) is 5.91 Å². The Morgan fingerprint density at radius 2 is 2.00 bits per heavy atom. The number of nitrogens with zero attached hydrogens (tertiary/aromatic N) is 4. The van der Waals surface area contributed by atoms with Crippen LogP contribution in [0.2, 0.25) is 0 Å². The van der Waals surface area contributed by atoms with Gasteiger partial charge in [0, 0.05) is 10.5 Å². The van der Waals surface area contributed by atoms with E-state index in [1.807, 2.05) is 48.5 Å². The number of benzene rings is 2. The summed E-state index contributed by atoms with van der Waals surface area (Å²) >= 11 is 4.95. The Morgan fingerprint density at radius 3 is 2.81 bits per heavy atom. The molecule has 2 heterocycles. The van der Waals surface area contributed by atoms with Crippen molar-refractivity contribution < 1.29 is 4.79 Å². The molecule has 4 rings (SSSR count). The number of hydrogen-bond donors (Lipinski definition) is 1. The lowest BCUT2D eigenvalue weighted by Gasteiger charge is -2.01. The maximum atomic E-state index is 12.1. The van der Waals surface area contributed by atoms with E-state index in [9.17, 15) is 4.79 Å². The van der Waals surface area contributed by atoms with Crippen molar-refractivity contribution in [2.24, 2.45) is 0 Å². The fraction of sp³-hybridized carbons (Fsp3) is 0.0526. The Labute approximate surface area is 167 Å². The Bertz CT molecular complexity index is 1080. The van der Waals surface area contributed by atoms with Gasteiger partial charge in [0.2, 0.25) is 5.95 Å². The molecule has 6 nitrogen and oxygen atoms in total. The van der Waals surface area contributed by atoms with E-state index in [1.54, 1.807) is 17.1 Å². The lowest BCUT2D eigenvalue weighted by molar-refractivity contribution is -0.111. The molecule has 0 bridgehead atoms. The summed E-state index contributed by atoms with van der Waals surface area (Å²) in [6.07, 6.45) is 4.72. The van der Waals surface area contributed by atoms with Gasteiger partial charge in [0.1, 0.15) is 11.3 Å². The van der Waals surface area contributed by atoms with Crippen LogP contribution in [0.4, 0.5) is 5.95 Å². The smallest absolute Gasteiger partial charge is 0.250 e. The van der Waals surface area contributed by atoms with Crippen LogP contribution >= 0.6 is 27.3 Å². The van der Waals surface area contributed by atoms with E-state index in [-0.39, 0.29) is 11.9 Å². The zero-order chi connectivity index (χ0) is 18.6. The number of nitrogens with one attached hydrogen (secondary N) is 1. The molecule has 8 heteroatoms. The first kappa shape index (κ1) is 17.6. The van der Waals surface area contributed by atoms with Gasteiger partial charge in [-0.3, -0.25) is 10.1 Å². The Morgan fingerprint density at radius 1 is 1.19 bits per heavy atom. The fourth-order valence-corrected chi connectivity index (χ4v) is 3.60. The minimum atomic E-state index is -0.296. The van der Waals surface area contributed by atoms with Gasteiger partial charge in [-0.2, -0.15) is 0 Å². The molecule has 0 aliphatic heterocycles. The first-order valence-electron chi connectivity index (χ1n) is 8.14. The molecule has 0 aliphatic rings. The van der Waals surface area contributed by atoms with Crippen molar-refractivity contribution in [1.29, 1.82) is 0 Å². The number of anilines is 1. The number of fused-ring (bicyclic) bond motifs is 1. The summed E-state index contributed by atoms with van der Waals surface area (Å²) in [5, 5.41) is 7.71. The number of para-hydroxylation sites is 1. The average molecular weight is 440 g/mol. The van der Waals surface area contributed by atoms with E-state index in [1.165, 1.54) is 17.4 Å². The van der Waals surface area contributed by atoms with E-state index in [2.05, 4.69) is 36.3 Å². The summed E-state index contributed by atoms with van der Waals surface area (Å²) in [7, 11) is 0. The normalized spacial score (nSPS) is 11.3. The van der Waals surface area contributed by atoms with E-state index < -0.39 is 0 Å². The third-order valence-electron chi connectivity index (χ3n) is 3.72. The lowest BCUT2D eigenvalue weighted by atomic mass is 10.2. The van der Waals surface area contributed by atoms with Crippen molar-refractivity contribution in [3.05, 3.63) is 76.0 Å².